The Balaban J connectivity index is 3.92. The summed E-state index contributed by atoms with van der Waals surface area (Å²) in [5.74, 6) is 1.70. The van der Waals surface area contributed by atoms with Crippen LogP contribution in [0.4, 0.5) is 0 Å². The van der Waals surface area contributed by atoms with Crippen molar-refractivity contribution >= 4 is 17.7 Å². The predicted octanol–water partition coefficient (Wildman–Crippen LogP) is 1.49. The minimum atomic E-state index is -0.464. The SMILES string of the molecule is CCNC(C)(C)C(=O)NCC(C)CSC. The van der Waals surface area contributed by atoms with Crippen molar-refractivity contribution in [1.29, 1.82) is 0 Å². The Morgan fingerprint density at radius 3 is 2.53 bits per heavy atom. The molecule has 1 amide bonds. The van der Waals surface area contributed by atoms with Crippen molar-refractivity contribution in [2.75, 3.05) is 25.1 Å². The Morgan fingerprint density at radius 2 is 2.07 bits per heavy atom. The van der Waals surface area contributed by atoms with E-state index < -0.39 is 5.54 Å². The quantitative estimate of drug-likeness (QED) is 0.699. The summed E-state index contributed by atoms with van der Waals surface area (Å²) in [7, 11) is 0. The molecule has 0 heterocycles. The molecule has 0 aliphatic heterocycles. The van der Waals surface area contributed by atoms with Crippen LogP contribution in [0.15, 0.2) is 0 Å². The van der Waals surface area contributed by atoms with Crippen LogP contribution >= 0.6 is 11.8 Å². The molecule has 0 aliphatic carbocycles. The van der Waals surface area contributed by atoms with E-state index in [4.69, 9.17) is 0 Å². The van der Waals surface area contributed by atoms with Crippen molar-refractivity contribution in [2.45, 2.75) is 33.2 Å². The molecule has 0 rings (SSSR count). The van der Waals surface area contributed by atoms with Crippen molar-refractivity contribution in [3.63, 3.8) is 0 Å². The van der Waals surface area contributed by atoms with Gasteiger partial charge in [-0.1, -0.05) is 13.8 Å². The number of nitrogens with one attached hydrogen (secondary N) is 2. The molecule has 0 spiro atoms. The first-order chi connectivity index (χ1) is 6.94. The summed E-state index contributed by atoms with van der Waals surface area (Å²) in [6, 6.07) is 0. The van der Waals surface area contributed by atoms with Crippen LogP contribution in [0.1, 0.15) is 27.7 Å². The Morgan fingerprint density at radius 1 is 1.47 bits per heavy atom. The highest BCUT2D eigenvalue weighted by Crippen LogP contribution is 2.05. The van der Waals surface area contributed by atoms with Crippen LogP contribution in [-0.4, -0.2) is 36.5 Å². The number of carbonyl (C=O) groups is 1. The van der Waals surface area contributed by atoms with Gasteiger partial charge in [0.15, 0.2) is 0 Å². The smallest absolute Gasteiger partial charge is 0.239 e. The number of hydrogen-bond acceptors (Lipinski definition) is 3. The Hall–Kier alpha value is -0.220. The fraction of sp³-hybridized carbons (Fsp3) is 0.909. The first-order valence-electron chi connectivity index (χ1n) is 5.46. The summed E-state index contributed by atoms with van der Waals surface area (Å²) in [4.78, 5) is 11.8. The van der Waals surface area contributed by atoms with Crippen LogP contribution in [-0.2, 0) is 4.79 Å². The second-order valence-electron chi connectivity index (χ2n) is 4.43. The van der Waals surface area contributed by atoms with Crippen molar-refractivity contribution in [1.82, 2.24) is 10.6 Å². The number of thioether (sulfide) groups is 1. The molecule has 0 aromatic carbocycles. The van der Waals surface area contributed by atoms with Crippen molar-refractivity contribution in [3.8, 4) is 0 Å². The highest BCUT2D eigenvalue weighted by molar-refractivity contribution is 7.98. The number of rotatable bonds is 7. The van der Waals surface area contributed by atoms with E-state index in [9.17, 15) is 4.79 Å². The second kappa shape index (κ2) is 7.12. The molecular weight excluding hydrogens is 208 g/mol. The van der Waals surface area contributed by atoms with Gasteiger partial charge in [0.2, 0.25) is 5.91 Å². The molecule has 0 bridgehead atoms. The van der Waals surface area contributed by atoms with Gasteiger partial charge < -0.3 is 10.6 Å². The number of carbonyl (C=O) groups excluding carboxylic acids is 1. The zero-order valence-electron chi connectivity index (χ0n) is 10.5. The Kier molecular flexibility index (Phi) is 7.02. The third-order valence-electron chi connectivity index (χ3n) is 2.25. The van der Waals surface area contributed by atoms with E-state index in [1.807, 2.05) is 32.5 Å². The van der Waals surface area contributed by atoms with Gasteiger partial charge >= 0.3 is 0 Å². The van der Waals surface area contributed by atoms with E-state index in [2.05, 4.69) is 23.8 Å². The van der Waals surface area contributed by atoms with E-state index in [0.717, 1.165) is 18.8 Å². The van der Waals surface area contributed by atoms with Crippen LogP contribution < -0.4 is 10.6 Å². The molecule has 1 unspecified atom stereocenters. The van der Waals surface area contributed by atoms with E-state index in [0.29, 0.717) is 5.92 Å². The minimum Gasteiger partial charge on any atom is -0.354 e. The summed E-state index contributed by atoms with van der Waals surface area (Å²) in [6.07, 6.45) is 2.08. The Bertz CT molecular complexity index is 195. The van der Waals surface area contributed by atoms with Crippen LogP contribution in [0.3, 0.4) is 0 Å². The second-order valence-corrected chi connectivity index (χ2v) is 5.34. The number of hydrogen-bond donors (Lipinski definition) is 2. The van der Waals surface area contributed by atoms with Gasteiger partial charge in [-0.3, -0.25) is 4.79 Å². The van der Waals surface area contributed by atoms with Gasteiger partial charge in [0, 0.05) is 6.54 Å². The summed E-state index contributed by atoms with van der Waals surface area (Å²) < 4.78 is 0. The van der Waals surface area contributed by atoms with Gasteiger partial charge in [0.25, 0.3) is 0 Å². The molecule has 0 radical (unpaired) electrons. The maximum absolute atomic E-state index is 11.8. The third-order valence-corrected chi connectivity index (χ3v) is 3.15. The van der Waals surface area contributed by atoms with E-state index in [1.54, 1.807) is 0 Å². The monoisotopic (exact) mass is 232 g/mol. The lowest BCUT2D eigenvalue weighted by atomic mass is 10.0. The largest absolute Gasteiger partial charge is 0.354 e. The predicted molar refractivity (Wildman–Crippen MR) is 68.3 cm³/mol. The topological polar surface area (TPSA) is 41.1 Å². The molecular formula is C11H24N2OS. The first kappa shape index (κ1) is 14.8. The average Bonchev–Trinajstić information content (AvgIpc) is 2.14. The van der Waals surface area contributed by atoms with Crippen molar-refractivity contribution < 1.29 is 4.79 Å². The zero-order chi connectivity index (χ0) is 11.9. The minimum absolute atomic E-state index is 0.0808. The molecule has 0 aromatic heterocycles. The van der Waals surface area contributed by atoms with E-state index >= 15 is 0 Å². The number of amides is 1. The summed E-state index contributed by atoms with van der Waals surface area (Å²) in [6.45, 7) is 9.54. The van der Waals surface area contributed by atoms with E-state index in [-0.39, 0.29) is 5.91 Å². The molecule has 2 N–H and O–H groups in total. The number of likely N-dealkylation sites (N-methyl/N-ethyl adjacent to an activating group) is 1. The lowest BCUT2D eigenvalue weighted by Crippen LogP contribution is -2.53. The molecule has 0 aromatic rings. The summed E-state index contributed by atoms with van der Waals surface area (Å²) in [5, 5.41) is 6.14. The van der Waals surface area contributed by atoms with Gasteiger partial charge in [-0.05, 0) is 38.3 Å². The molecule has 1 atom stereocenters. The molecule has 3 nitrogen and oxygen atoms in total. The van der Waals surface area contributed by atoms with E-state index in [1.165, 1.54) is 0 Å². The highest BCUT2D eigenvalue weighted by atomic mass is 32.2. The molecule has 0 fully saturated rings. The molecule has 0 aliphatic rings. The van der Waals surface area contributed by atoms with Crippen LogP contribution in [0.5, 0.6) is 0 Å². The standard InChI is InChI=1S/C11H24N2OS/c1-6-13-11(3,4)10(14)12-7-9(2)8-15-5/h9,13H,6-8H2,1-5H3,(H,12,14). The van der Waals surface area contributed by atoms with Gasteiger partial charge in [-0.15, -0.1) is 0 Å². The van der Waals surface area contributed by atoms with Crippen LogP contribution in [0, 0.1) is 5.92 Å². The van der Waals surface area contributed by atoms with Gasteiger partial charge in [0.05, 0.1) is 5.54 Å². The molecule has 15 heavy (non-hydrogen) atoms. The average molecular weight is 232 g/mol. The maximum Gasteiger partial charge on any atom is 0.239 e. The fourth-order valence-corrected chi connectivity index (χ4v) is 2.04. The molecule has 4 heteroatoms. The summed E-state index contributed by atoms with van der Waals surface area (Å²) in [5.41, 5.74) is -0.464. The summed E-state index contributed by atoms with van der Waals surface area (Å²) >= 11 is 1.81. The highest BCUT2D eigenvalue weighted by Gasteiger charge is 2.25. The fourth-order valence-electron chi connectivity index (χ4n) is 1.35. The maximum atomic E-state index is 11.8. The zero-order valence-corrected chi connectivity index (χ0v) is 11.3. The normalized spacial score (nSPS) is 13.7. The lowest BCUT2D eigenvalue weighted by molar-refractivity contribution is -0.126. The molecule has 90 valence electrons. The van der Waals surface area contributed by atoms with Crippen LogP contribution in [0.25, 0.3) is 0 Å². The van der Waals surface area contributed by atoms with Crippen molar-refractivity contribution in [2.24, 2.45) is 5.92 Å². The van der Waals surface area contributed by atoms with Gasteiger partial charge in [0.1, 0.15) is 0 Å². The lowest BCUT2D eigenvalue weighted by Gasteiger charge is -2.25. The Labute approximate surface area is 97.8 Å². The van der Waals surface area contributed by atoms with Gasteiger partial charge in [-0.25, -0.2) is 0 Å². The first-order valence-corrected chi connectivity index (χ1v) is 6.85. The molecule has 0 saturated heterocycles. The van der Waals surface area contributed by atoms with Crippen LogP contribution in [0.2, 0.25) is 0 Å². The van der Waals surface area contributed by atoms with Crippen molar-refractivity contribution in [3.05, 3.63) is 0 Å². The van der Waals surface area contributed by atoms with Gasteiger partial charge in [-0.2, -0.15) is 11.8 Å². The molecule has 0 saturated carbocycles. The third kappa shape index (κ3) is 6.05.